The lowest BCUT2D eigenvalue weighted by Crippen LogP contribution is -2.61. The fourth-order valence-electron chi connectivity index (χ4n) is 4.90. The van der Waals surface area contributed by atoms with Crippen molar-refractivity contribution in [2.24, 2.45) is 5.73 Å². The Hall–Kier alpha value is -4.26. The second-order valence-electron chi connectivity index (χ2n) is 9.23. The number of urea groups is 1. The standard InChI is InChI=1S/C26H23F3N6O3S/c27-21-12-17(23-33-34-24(38-23)22(28)29)6-7-18(21)13-26(15-39(31,37)10-9-35(26)25(30)36)20-5-1-3-16(11-20)19-4-2-8-32-14-19/h1-8,11-12,14,22,31H,9-10,13,15H2,(H2,30,36). The first-order valence-corrected chi connectivity index (χ1v) is 13.7. The van der Waals surface area contributed by atoms with Crippen molar-refractivity contribution in [3.8, 4) is 22.6 Å². The number of primary amides is 1. The quantitative estimate of drug-likeness (QED) is 0.351. The number of hydrogen-bond acceptors (Lipinski definition) is 7. The van der Waals surface area contributed by atoms with E-state index in [2.05, 4.69) is 15.2 Å². The Balaban J connectivity index is 1.61. The van der Waals surface area contributed by atoms with E-state index in [1.54, 1.807) is 36.7 Å². The summed E-state index contributed by atoms with van der Waals surface area (Å²) in [7, 11) is -3.16. The molecule has 0 radical (unpaired) electrons. The van der Waals surface area contributed by atoms with Crippen LogP contribution in [0.25, 0.3) is 22.6 Å². The van der Waals surface area contributed by atoms with Crippen molar-refractivity contribution in [1.29, 1.82) is 4.78 Å². The molecular weight excluding hydrogens is 533 g/mol. The minimum Gasteiger partial charge on any atom is -0.415 e. The van der Waals surface area contributed by atoms with E-state index in [-0.39, 0.29) is 41.5 Å². The Bertz CT molecular complexity index is 1630. The number of carbonyl (C=O) groups excluding carboxylic acids is 1. The molecule has 202 valence electrons. The first-order valence-electron chi connectivity index (χ1n) is 11.8. The maximum absolute atomic E-state index is 15.5. The summed E-state index contributed by atoms with van der Waals surface area (Å²) in [6, 6.07) is 13.9. The summed E-state index contributed by atoms with van der Waals surface area (Å²) >= 11 is 0. The van der Waals surface area contributed by atoms with Gasteiger partial charge in [-0.3, -0.25) is 9.76 Å². The molecule has 2 aromatic heterocycles. The molecule has 2 unspecified atom stereocenters. The smallest absolute Gasteiger partial charge is 0.315 e. The monoisotopic (exact) mass is 556 g/mol. The van der Waals surface area contributed by atoms with Crippen LogP contribution in [0, 0.1) is 10.6 Å². The molecule has 4 aromatic rings. The van der Waals surface area contributed by atoms with Crippen LogP contribution in [-0.4, -0.2) is 48.4 Å². The van der Waals surface area contributed by atoms with Crippen molar-refractivity contribution in [2.75, 3.05) is 18.1 Å². The molecule has 3 heterocycles. The van der Waals surface area contributed by atoms with Gasteiger partial charge in [0.2, 0.25) is 5.89 Å². The number of carbonyl (C=O) groups is 1. The fourth-order valence-corrected chi connectivity index (χ4v) is 6.72. The lowest BCUT2D eigenvalue weighted by Gasteiger charge is -2.47. The number of hydrogen-bond donors (Lipinski definition) is 2. The van der Waals surface area contributed by atoms with Crippen molar-refractivity contribution in [3.05, 3.63) is 89.8 Å². The van der Waals surface area contributed by atoms with Gasteiger partial charge in [-0.15, -0.1) is 10.2 Å². The summed E-state index contributed by atoms with van der Waals surface area (Å²) in [4.78, 5) is 18.2. The molecule has 0 spiro atoms. The average Bonchev–Trinajstić information content (AvgIpc) is 3.41. The van der Waals surface area contributed by atoms with Crippen LogP contribution in [-0.2, 0) is 21.7 Å². The SMILES string of the molecule is N=S1(=O)CCN(C(N)=O)C(Cc2ccc(-c3nnc(C(F)F)o3)cc2F)(c2cccc(-c3cccnc3)c2)C1. The molecule has 0 bridgehead atoms. The van der Waals surface area contributed by atoms with Crippen LogP contribution in [0.2, 0.25) is 0 Å². The number of halogens is 3. The highest BCUT2D eigenvalue weighted by atomic mass is 32.2. The molecule has 2 amide bonds. The van der Waals surface area contributed by atoms with Gasteiger partial charge in [-0.1, -0.05) is 30.3 Å². The molecule has 1 aliphatic heterocycles. The second kappa shape index (κ2) is 10.1. The molecule has 9 nitrogen and oxygen atoms in total. The summed E-state index contributed by atoms with van der Waals surface area (Å²) in [6.07, 6.45) is 0.181. The minimum absolute atomic E-state index is 0.0487. The van der Waals surface area contributed by atoms with E-state index in [0.29, 0.717) is 5.56 Å². The second-order valence-corrected chi connectivity index (χ2v) is 11.6. The van der Waals surface area contributed by atoms with Crippen molar-refractivity contribution < 1.29 is 26.6 Å². The zero-order chi connectivity index (χ0) is 27.8. The highest BCUT2D eigenvalue weighted by molar-refractivity contribution is 7.92. The average molecular weight is 557 g/mol. The normalized spacial score (nSPS) is 21.3. The van der Waals surface area contributed by atoms with Gasteiger partial charge in [-0.25, -0.2) is 13.4 Å². The van der Waals surface area contributed by atoms with E-state index >= 15 is 4.39 Å². The molecule has 13 heteroatoms. The third-order valence-electron chi connectivity index (χ3n) is 6.70. The Kier molecular flexibility index (Phi) is 6.85. The van der Waals surface area contributed by atoms with Crippen molar-refractivity contribution in [1.82, 2.24) is 20.1 Å². The topological polar surface area (TPSA) is 139 Å². The molecule has 1 saturated heterocycles. The Morgan fingerprint density at radius 2 is 1.92 bits per heavy atom. The van der Waals surface area contributed by atoms with E-state index in [4.69, 9.17) is 14.9 Å². The largest absolute Gasteiger partial charge is 0.415 e. The molecule has 1 fully saturated rings. The van der Waals surface area contributed by atoms with Crippen molar-refractivity contribution >= 4 is 15.8 Å². The van der Waals surface area contributed by atoms with Gasteiger partial charge in [0.1, 0.15) is 5.82 Å². The van der Waals surface area contributed by atoms with Gasteiger partial charge in [0, 0.05) is 46.4 Å². The minimum atomic E-state index is -3.16. The summed E-state index contributed by atoms with van der Waals surface area (Å²) < 4.78 is 67.8. The van der Waals surface area contributed by atoms with Crippen molar-refractivity contribution in [3.63, 3.8) is 0 Å². The van der Waals surface area contributed by atoms with E-state index < -0.39 is 39.4 Å². The third kappa shape index (κ3) is 5.21. The Labute approximate surface area is 221 Å². The number of nitrogens with one attached hydrogen (secondary N) is 1. The molecule has 39 heavy (non-hydrogen) atoms. The molecule has 2 atom stereocenters. The predicted octanol–water partition coefficient (Wildman–Crippen LogP) is 4.75. The highest BCUT2D eigenvalue weighted by Gasteiger charge is 2.47. The van der Waals surface area contributed by atoms with E-state index in [0.717, 1.165) is 17.2 Å². The van der Waals surface area contributed by atoms with Crippen LogP contribution in [0.1, 0.15) is 23.4 Å². The number of benzene rings is 2. The first-order chi connectivity index (χ1) is 18.6. The van der Waals surface area contributed by atoms with Crippen LogP contribution in [0.15, 0.2) is 71.4 Å². The van der Waals surface area contributed by atoms with E-state index in [1.807, 2.05) is 12.1 Å². The zero-order valence-corrected chi connectivity index (χ0v) is 21.2. The van der Waals surface area contributed by atoms with Gasteiger partial charge in [0.25, 0.3) is 5.89 Å². The van der Waals surface area contributed by atoms with Crippen LogP contribution < -0.4 is 5.73 Å². The van der Waals surface area contributed by atoms with Crippen LogP contribution in [0.3, 0.4) is 0 Å². The van der Waals surface area contributed by atoms with Gasteiger partial charge in [0.05, 0.1) is 11.3 Å². The van der Waals surface area contributed by atoms with Gasteiger partial charge in [0.15, 0.2) is 0 Å². The number of aromatic nitrogens is 3. The Morgan fingerprint density at radius 1 is 1.13 bits per heavy atom. The van der Waals surface area contributed by atoms with Crippen molar-refractivity contribution in [2.45, 2.75) is 18.4 Å². The number of alkyl halides is 2. The number of pyridine rings is 1. The van der Waals surface area contributed by atoms with Gasteiger partial charge in [-0.2, -0.15) is 8.78 Å². The number of nitrogens with two attached hydrogens (primary N) is 1. The summed E-state index contributed by atoms with van der Waals surface area (Å²) in [5, 5.41) is 6.81. The molecule has 3 N–H and O–H groups in total. The molecular formula is C26H23F3N6O3S. The zero-order valence-electron chi connectivity index (χ0n) is 20.4. The third-order valence-corrected chi connectivity index (χ3v) is 8.49. The summed E-state index contributed by atoms with van der Waals surface area (Å²) in [5.41, 5.74) is 6.67. The fraction of sp³-hybridized carbons (Fsp3) is 0.231. The summed E-state index contributed by atoms with van der Waals surface area (Å²) in [6.45, 7) is -0.0487. The van der Waals surface area contributed by atoms with Gasteiger partial charge in [-0.05, 0) is 46.5 Å². The maximum Gasteiger partial charge on any atom is 0.315 e. The van der Waals surface area contributed by atoms with E-state index in [1.165, 1.54) is 17.0 Å². The summed E-state index contributed by atoms with van der Waals surface area (Å²) in [5.74, 6) is -2.22. The molecule has 2 aromatic carbocycles. The van der Waals surface area contributed by atoms with Crippen LogP contribution in [0.4, 0.5) is 18.0 Å². The molecule has 0 saturated carbocycles. The predicted molar refractivity (Wildman–Crippen MR) is 137 cm³/mol. The van der Waals surface area contributed by atoms with Crippen LogP contribution in [0.5, 0.6) is 0 Å². The number of amides is 2. The van der Waals surface area contributed by atoms with Gasteiger partial charge < -0.3 is 15.1 Å². The first kappa shape index (κ1) is 26.4. The number of nitrogens with zero attached hydrogens (tertiary/aromatic N) is 4. The van der Waals surface area contributed by atoms with Crippen LogP contribution >= 0.6 is 0 Å². The molecule has 1 aliphatic rings. The Morgan fingerprint density at radius 3 is 2.59 bits per heavy atom. The maximum atomic E-state index is 15.5. The lowest BCUT2D eigenvalue weighted by atomic mass is 9.82. The lowest BCUT2D eigenvalue weighted by molar-refractivity contribution is 0.116. The number of rotatable bonds is 6. The molecule has 0 aliphatic carbocycles. The molecule has 5 rings (SSSR count). The highest BCUT2D eigenvalue weighted by Crippen LogP contribution is 2.40. The van der Waals surface area contributed by atoms with E-state index in [9.17, 15) is 17.8 Å². The van der Waals surface area contributed by atoms with Gasteiger partial charge >= 0.3 is 12.5 Å².